The normalized spacial score (nSPS) is 16.3. The van der Waals surface area contributed by atoms with E-state index in [1.54, 1.807) is 19.2 Å². The summed E-state index contributed by atoms with van der Waals surface area (Å²) in [6.45, 7) is 3.97. The van der Waals surface area contributed by atoms with Gasteiger partial charge >= 0.3 is 0 Å². The Morgan fingerprint density at radius 1 is 1.21 bits per heavy atom. The molecular weight excluding hydrogens is 392 g/mol. The van der Waals surface area contributed by atoms with E-state index in [4.69, 9.17) is 25.8 Å². The maximum absolute atomic E-state index is 12.9. The highest BCUT2D eigenvalue weighted by Crippen LogP contribution is 2.36. The SMILES string of the molecule is CCOc1c(Cl)cc(C(=O)NC2CCCN(c3ccccc3OC)C2)cc1OC. The number of carbonyl (C=O) groups excluding carboxylic acids is 1. The number of piperidine rings is 1. The molecule has 3 rings (SSSR count). The Balaban J connectivity index is 1.73. The van der Waals surface area contributed by atoms with Crippen molar-refractivity contribution in [2.45, 2.75) is 25.8 Å². The largest absolute Gasteiger partial charge is 0.495 e. The first-order valence-corrected chi connectivity index (χ1v) is 10.1. The van der Waals surface area contributed by atoms with Gasteiger partial charge in [0.05, 0.1) is 31.5 Å². The maximum Gasteiger partial charge on any atom is 0.251 e. The van der Waals surface area contributed by atoms with Crippen LogP contribution in [-0.2, 0) is 0 Å². The molecule has 1 amide bonds. The third-order valence-corrected chi connectivity index (χ3v) is 5.24. The summed E-state index contributed by atoms with van der Waals surface area (Å²) in [5.41, 5.74) is 1.49. The molecule has 7 heteroatoms. The number of ether oxygens (including phenoxy) is 3. The minimum Gasteiger partial charge on any atom is -0.495 e. The third-order valence-electron chi connectivity index (χ3n) is 4.96. The van der Waals surface area contributed by atoms with Gasteiger partial charge in [-0.25, -0.2) is 0 Å². The number of benzene rings is 2. The van der Waals surface area contributed by atoms with Crippen molar-refractivity contribution < 1.29 is 19.0 Å². The van der Waals surface area contributed by atoms with Crippen molar-refractivity contribution in [3.05, 3.63) is 47.0 Å². The van der Waals surface area contributed by atoms with E-state index in [-0.39, 0.29) is 11.9 Å². The van der Waals surface area contributed by atoms with E-state index in [1.807, 2.05) is 31.2 Å². The second-order valence-electron chi connectivity index (χ2n) is 6.85. The van der Waals surface area contributed by atoms with Crippen LogP contribution >= 0.6 is 11.6 Å². The van der Waals surface area contributed by atoms with E-state index < -0.39 is 0 Å². The van der Waals surface area contributed by atoms with Gasteiger partial charge in [0.25, 0.3) is 5.91 Å². The van der Waals surface area contributed by atoms with Crippen molar-refractivity contribution >= 4 is 23.2 Å². The number of nitrogens with one attached hydrogen (secondary N) is 1. The van der Waals surface area contributed by atoms with Gasteiger partial charge in [0, 0.05) is 24.7 Å². The van der Waals surface area contributed by atoms with Crippen molar-refractivity contribution in [2.24, 2.45) is 0 Å². The Labute approximate surface area is 176 Å². The Morgan fingerprint density at radius 3 is 2.69 bits per heavy atom. The summed E-state index contributed by atoms with van der Waals surface area (Å²) >= 11 is 6.31. The third kappa shape index (κ3) is 4.88. The molecule has 0 aliphatic carbocycles. The van der Waals surface area contributed by atoms with Crippen LogP contribution in [0.15, 0.2) is 36.4 Å². The molecule has 29 heavy (non-hydrogen) atoms. The standard InChI is InChI=1S/C22H27ClN2O4/c1-4-29-21-17(23)12-15(13-20(21)28-3)22(26)24-16-8-7-11-25(14-16)18-9-5-6-10-19(18)27-2/h5-6,9-10,12-13,16H,4,7-8,11,14H2,1-3H3,(H,24,26). The molecule has 1 atom stereocenters. The monoisotopic (exact) mass is 418 g/mol. The van der Waals surface area contributed by atoms with Gasteiger partial charge in [-0.2, -0.15) is 0 Å². The lowest BCUT2D eigenvalue weighted by atomic mass is 10.0. The van der Waals surface area contributed by atoms with Gasteiger partial charge in [-0.1, -0.05) is 23.7 Å². The zero-order valence-electron chi connectivity index (χ0n) is 17.0. The molecule has 1 N–H and O–H groups in total. The number of hydrogen-bond donors (Lipinski definition) is 1. The number of nitrogens with zero attached hydrogens (tertiary/aromatic N) is 1. The summed E-state index contributed by atoms with van der Waals surface area (Å²) in [5.74, 6) is 1.56. The molecule has 1 aliphatic heterocycles. The van der Waals surface area contributed by atoms with Gasteiger partial charge in [-0.3, -0.25) is 4.79 Å². The van der Waals surface area contributed by atoms with Gasteiger partial charge in [-0.05, 0) is 44.0 Å². The first kappa shape index (κ1) is 21.1. The van der Waals surface area contributed by atoms with E-state index >= 15 is 0 Å². The van der Waals surface area contributed by atoms with Crippen LogP contribution in [0, 0.1) is 0 Å². The molecule has 1 saturated heterocycles. The quantitative estimate of drug-likeness (QED) is 0.731. The summed E-state index contributed by atoms with van der Waals surface area (Å²) in [5, 5.41) is 3.48. The Morgan fingerprint density at radius 2 is 1.97 bits per heavy atom. The molecule has 6 nitrogen and oxygen atoms in total. The van der Waals surface area contributed by atoms with Gasteiger partial charge in [0.1, 0.15) is 5.75 Å². The molecule has 2 aromatic rings. The second-order valence-corrected chi connectivity index (χ2v) is 7.26. The number of para-hydroxylation sites is 2. The maximum atomic E-state index is 12.9. The number of amides is 1. The topological polar surface area (TPSA) is 60.0 Å². The van der Waals surface area contributed by atoms with Crippen LogP contribution in [0.5, 0.6) is 17.2 Å². The smallest absolute Gasteiger partial charge is 0.251 e. The lowest BCUT2D eigenvalue weighted by Crippen LogP contribution is -2.47. The fourth-order valence-corrected chi connectivity index (χ4v) is 3.87. The van der Waals surface area contributed by atoms with Crippen LogP contribution in [0.3, 0.4) is 0 Å². The van der Waals surface area contributed by atoms with E-state index in [1.165, 1.54) is 7.11 Å². The number of halogens is 1. The van der Waals surface area contributed by atoms with Crippen molar-refractivity contribution in [1.82, 2.24) is 5.32 Å². The summed E-state index contributed by atoms with van der Waals surface area (Å²) in [4.78, 5) is 15.1. The summed E-state index contributed by atoms with van der Waals surface area (Å²) < 4.78 is 16.4. The molecular formula is C22H27ClN2O4. The van der Waals surface area contributed by atoms with Gasteiger partial charge in [-0.15, -0.1) is 0 Å². The Hall–Kier alpha value is -2.60. The highest BCUT2D eigenvalue weighted by atomic mass is 35.5. The lowest BCUT2D eigenvalue weighted by Gasteiger charge is -2.35. The summed E-state index contributed by atoms with van der Waals surface area (Å²) in [7, 11) is 3.20. The first-order valence-electron chi connectivity index (χ1n) is 9.76. The first-order chi connectivity index (χ1) is 14.1. The van der Waals surface area contributed by atoms with Crippen molar-refractivity contribution in [2.75, 3.05) is 38.8 Å². The minimum atomic E-state index is -0.180. The molecule has 1 fully saturated rings. The molecule has 0 spiro atoms. The van der Waals surface area contributed by atoms with Gasteiger partial charge in [0.2, 0.25) is 0 Å². The molecule has 0 radical (unpaired) electrons. The van der Waals surface area contributed by atoms with Crippen LogP contribution in [0.25, 0.3) is 0 Å². The van der Waals surface area contributed by atoms with Crippen molar-refractivity contribution in [3.8, 4) is 17.2 Å². The average molecular weight is 419 g/mol. The number of hydrogen-bond acceptors (Lipinski definition) is 5. The zero-order valence-corrected chi connectivity index (χ0v) is 17.8. The molecule has 0 bridgehead atoms. The predicted octanol–water partition coefficient (Wildman–Crippen LogP) is 4.15. The molecule has 1 aliphatic rings. The van der Waals surface area contributed by atoms with Crippen LogP contribution < -0.4 is 24.4 Å². The van der Waals surface area contributed by atoms with Crippen molar-refractivity contribution in [1.29, 1.82) is 0 Å². The zero-order chi connectivity index (χ0) is 20.8. The fraction of sp³-hybridized carbons (Fsp3) is 0.409. The molecule has 0 saturated carbocycles. The van der Waals surface area contributed by atoms with Gasteiger partial charge < -0.3 is 24.4 Å². The number of anilines is 1. The predicted molar refractivity (Wildman–Crippen MR) is 115 cm³/mol. The molecule has 1 heterocycles. The van der Waals surface area contributed by atoms with Crippen LogP contribution in [-0.4, -0.2) is 45.9 Å². The molecule has 1 unspecified atom stereocenters. The Bertz CT molecular complexity index is 859. The van der Waals surface area contributed by atoms with E-state index in [2.05, 4.69) is 10.2 Å². The highest BCUT2D eigenvalue weighted by molar-refractivity contribution is 6.32. The highest BCUT2D eigenvalue weighted by Gasteiger charge is 2.24. The van der Waals surface area contributed by atoms with E-state index in [9.17, 15) is 4.79 Å². The van der Waals surface area contributed by atoms with Gasteiger partial charge in [0.15, 0.2) is 11.5 Å². The lowest BCUT2D eigenvalue weighted by molar-refractivity contribution is 0.0932. The minimum absolute atomic E-state index is 0.0255. The molecule has 2 aromatic carbocycles. The molecule has 156 valence electrons. The second kappa shape index (κ2) is 9.74. The average Bonchev–Trinajstić information content (AvgIpc) is 2.75. The van der Waals surface area contributed by atoms with Crippen LogP contribution in [0.1, 0.15) is 30.1 Å². The fourth-order valence-electron chi connectivity index (χ4n) is 3.61. The summed E-state index contributed by atoms with van der Waals surface area (Å²) in [6.07, 6.45) is 1.90. The van der Waals surface area contributed by atoms with Crippen molar-refractivity contribution in [3.63, 3.8) is 0 Å². The number of rotatable bonds is 7. The summed E-state index contributed by atoms with van der Waals surface area (Å²) in [6, 6.07) is 11.2. The number of carbonyl (C=O) groups is 1. The van der Waals surface area contributed by atoms with Crippen LogP contribution in [0.2, 0.25) is 5.02 Å². The molecule has 0 aromatic heterocycles. The van der Waals surface area contributed by atoms with E-state index in [0.29, 0.717) is 35.2 Å². The Kier molecular flexibility index (Phi) is 7.09. The van der Waals surface area contributed by atoms with E-state index in [0.717, 1.165) is 30.8 Å². The van der Waals surface area contributed by atoms with Crippen LogP contribution in [0.4, 0.5) is 5.69 Å². The number of methoxy groups -OCH3 is 2.